The van der Waals surface area contributed by atoms with Crippen molar-refractivity contribution >= 4 is 17.6 Å². The first kappa shape index (κ1) is 19.3. The van der Waals surface area contributed by atoms with Gasteiger partial charge in [-0.2, -0.15) is 0 Å². The van der Waals surface area contributed by atoms with Gasteiger partial charge in [-0.15, -0.1) is 0 Å². The predicted molar refractivity (Wildman–Crippen MR) is 103 cm³/mol. The molecule has 0 aliphatic rings. The number of carbonyl (C=O) groups is 2. The van der Waals surface area contributed by atoms with Gasteiger partial charge in [0.2, 0.25) is 5.91 Å². The lowest BCUT2D eigenvalue weighted by atomic mass is 10.0. The maximum atomic E-state index is 12.5. The number of urea groups is 1. The monoisotopic (exact) mass is 355 g/mol. The van der Waals surface area contributed by atoms with Crippen LogP contribution in [0.3, 0.4) is 0 Å². The SMILES string of the molecule is CNC(=O)C[C@@H](C)N(C)C(=O)Nc1cccc(-c2ccccc2OC)c1. The molecule has 2 N–H and O–H groups in total. The molecule has 2 rings (SSSR count). The summed E-state index contributed by atoms with van der Waals surface area (Å²) >= 11 is 0. The molecule has 0 saturated carbocycles. The van der Waals surface area contributed by atoms with Gasteiger partial charge in [0.05, 0.1) is 7.11 Å². The van der Waals surface area contributed by atoms with Gasteiger partial charge in [0.1, 0.15) is 5.75 Å². The van der Waals surface area contributed by atoms with Crippen molar-refractivity contribution in [3.05, 3.63) is 48.5 Å². The molecular weight excluding hydrogens is 330 g/mol. The molecular formula is C20H25N3O3. The quantitative estimate of drug-likeness (QED) is 0.835. The van der Waals surface area contributed by atoms with Gasteiger partial charge in [0, 0.05) is 37.8 Å². The molecule has 0 aromatic heterocycles. The second kappa shape index (κ2) is 8.89. The number of carbonyl (C=O) groups excluding carboxylic acids is 2. The fraction of sp³-hybridized carbons (Fsp3) is 0.300. The summed E-state index contributed by atoms with van der Waals surface area (Å²) in [6, 6.07) is 14.8. The number of ether oxygens (including phenoxy) is 1. The Balaban J connectivity index is 2.13. The zero-order chi connectivity index (χ0) is 19.1. The van der Waals surface area contributed by atoms with Gasteiger partial charge in [-0.3, -0.25) is 4.79 Å². The fourth-order valence-corrected chi connectivity index (χ4v) is 2.57. The van der Waals surface area contributed by atoms with Crippen molar-refractivity contribution in [3.63, 3.8) is 0 Å². The summed E-state index contributed by atoms with van der Waals surface area (Å²) in [6.07, 6.45) is 0.252. The fourth-order valence-electron chi connectivity index (χ4n) is 2.57. The molecule has 0 fully saturated rings. The third-order valence-electron chi connectivity index (χ3n) is 4.27. The molecule has 0 heterocycles. The summed E-state index contributed by atoms with van der Waals surface area (Å²) in [5.41, 5.74) is 2.58. The molecule has 1 atom stereocenters. The maximum absolute atomic E-state index is 12.5. The topological polar surface area (TPSA) is 70.7 Å². The van der Waals surface area contributed by atoms with Crippen LogP contribution in [-0.4, -0.2) is 44.1 Å². The first-order valence-electron chi connectivity index (χ1n) is 8.44. The van der Waals surface area contributed by atoms with E-state index in [-0.39, 0.29) is 24.4 Å². The molecule has 0 bridgehead atoms. The Bertz CT molecular complexity index is 776. The second-order valence-electron chi connectivity index (χ2n) is 6.05. The molecule has 0 radical (unpaired) electrons. The summed E-state index contributed by atoms with van der Waals surface area (Å²) in [5.74, 6) is 0.669. The molecule has 0 aliphatic carbocycles. The van der Waals surface area contributed by atoms with Crippen molar-refractivity contribution in [3.8, 4) is 16.9 Å². The predicted octanol–water partition coefficient (Wildman–Crippen LogP) is 3.35. The second-order valence-corrected chi connectivity index (χ2v) is 6.05. The molecule has 0 aliphatic heterocycles. The molecule has 6 heteroatoms. The minimum Gasteiger partial charge on any atom is -0.496 e. The molecule has 0 unspecified atom stereocenters. The average Bonchev–Trinajstić information content (AvgIpc) is 2.67. The lowest BCUT2D eigenvalue weighted by Crippen LogP contribution is -2.40. The van der Waals surface area contributed by atoms with Crippen LogP contribution in [0.25, 0.3) is 11.1 Å². The van der Waals surface area contributed by atoms with Crippen molar-refractivity contribution < 1.29 is 14.3 Å². The molecule has 0 saturated heterocycles. The number of para-hydroxylation sites is 1. The average molecular weight is 355 g/mol. The van der Waals surface area contributed by atoms with E-state index >= 15 is 0 Å². The van der Waals surface area contributed by atoms with E-state index in [2.05, 4.69) is 10.6 Å². The normalized spacial score (nSPS) is 11.4. The Morgan fingerprint density at radius 1 is 1.15 bits per heavy atom. The molecule has 2 aromatic rings. The summed E-state index contributed by atoms with van der Waals surface area (Å²) in [5, 5.41) is 5.44. The van der Waals surface area contributed by atoms with Gasteiger partial charge >= 0.3 is 6.03 Å². The van der Waals surface area contributed by atoms with Crippen LogP contribution in [0.5, 0.6) is 5.75 Å². The lowest BCUT2D eigenvalue weighted by Gasteiger charge is -2.24. The highest BCUT2D eigenvalue weighted by Gasteiger charge is 2.18. The standard InChI is InChI=1S/C20H25N3O3/c1-14(12-19(24)21-2)23(3)20(25)22-16-9-7-8-15(13-16)17-10-5-6-11-18(17)26-4/h5-11,13-14H,12H2,1-4H3,(H,21,24)(H,22,25)/t14-/m1/s1. The van der Waals surface area contributed by atoms with E-state index in [9.17, 15) is 9.59 Å². The largest absolute Gasteiger partial charge is 0.496 e. The van der Waals surface area contributed by atoms with Gasteiger partial charge in [-0.25, -0.2) is 4.79 Å². The molecule has 138 valence electrons. The minimum atomic E-state index is -0.265. The molecule has 0 spiro atoms. The zero-order valence-electron chi connectivity index (χ0n) is 15.6. The molecule has 2 aromatic carbocycles. The highest BCUT2D eigenvalue weighted by molar-refractivity contribution is 5.91. The third-order valence-corrected chi connectivity index (χ3v) is 4.27. The minimum absolute atomic E-state index is 0.102. The van der Waals surface area contributed by atoms with Crippen LogP contribution in [0.15, 0.2) is 48.5 Å². The van der Waals surface area contributed by atoms with E-state index in [4.69, 9.17) is 4.74 Å². The Labute approximate surface area is 154 Å². The Kier molecular flexibility index (Phi) is 6.60. The molecule has 6 nitrogen and oxygen atoms in total. The lowest BCUT2D eigenvalue weighted by molar-refractivity contribution is -0.121. The first-order chi connectivity index (χ1) is 12.5. The van der Waals surface area contributed by atoms with Crippen LogP contribution in [0.2, 0.25) is 0 Å². The Hall–Kier alpha value is -3.02. The van der Waals surface area contributed by atoms with Crippen molar-refractivity contribution in [1.82, 2.24) is 10.2 Å². The summed E-state index contributed by atoms with van der Waals surface area (Å²) < 4.78 is 5.40. The Morgan fingerprint density at radius 2 is 1.88 bits per heavy atom. The van der Waals surface area contributed by atoms with Crippen LogP contribution >= 0.6 is 0 Å². The van der Waals surface area contributed by atoms with Crippen molar-refractivity contribution in [1.29, 1.82) is 0 Å². The van der Waals surface area contributed by atoms with E-state index < -0.39 is 0 Å². The number of hydrogen-bond donors (Lipinski definition) is 2. The Morgan fingerprint density at radius 3 is 2.58 bits per heavy atom. The van der Waals surface area contributed by atoms with Gasteiger partial charge in [-0.05, 0) is 30.7 Å². The summed E-state index contributed by atoms with van der Waals surface area (Å²) in [4.78, 5) is 25.5. The molecule has 26 heavy (non-hydrogen) atoms. The first-order valence-corrected chi connectivity index (χ1v) is 8.44. The van der Waals surface area contributed by atoms with Gasteiger partial charge in [0.15, 0.2) is 0 Å². The van der Waals surface area contributed by atoms with E-state index in [1.165, 1.54) is 4.90 Å². The van der Waals surface area contributed by atoms with E-state index in [0.29, 0.717) is 5.69 Å². The number of rotatable bonds is 6. The summed E-state index contributed by atoms with van der Waals surface area (Å²) in [7, 11) is 4.89. The van der Waals surface area contributed by atoms with Crippen LogP contribution in [-0.2, 0) is 4.79 Å². The van der Waals surface area contributed by atoms with E-state index in [1.54, 1.807) is 21.2 Å². The number of methoxy groups -OCH3 is 1. The van der Waals surface area contributed by atoms with Gasteiger partial charge < -0.3 is 20.3 Å². The highest BCUT2D eigenvalue weighted by Crippen LogP contribution is 2.31. The zero-order valence-corrected chi connectivity index (χ0v) is 15.6. The van der Waals surface area contributed by atoms with Gasteiger partial charge in [0.25, 0.3) is 0 Å². The smallest absolute Gasteiger partial charge is 0.321 e. The van der Waals surface area contributed by atoms with Crippen LogP contribution < -0.4 is 15.4 Å². The van der Waals surface area contributed by atoms with E-state index in [0.717, 1.165) is 16.9 Å². The summed E-state index contributed by atoms with van der Waals surface area (Å²) in [6.45, 7) is 1.83. The highest BCUT2D eigenvalue weighted by atomic mass is 16.5. The van der Waals surface area contributed by atoms with Crippen LogP contribution in [0, 0.1) is 0 Å². The van der Waals surface area contributed by atoms with Gasteiger partial charge in [-0.1, -0.05) is 30.3 Å². The van der Waals surface area contributed by atoms with Crippen molar-refractivity contribution in [2.24, 2.45) is 0 Å². The molecule has 3 amide bonds. The number of benzene rings is 2. The number of nitrogens with zero attached hydrogens (tertiary/aromatic N) is 1. The number of amides is 3. The third kappa shape index (κ3) is 4.75. The number of nitrogens with one attached hydrogen (secondary N) is 2. The maximum Gasteiger partial charge on any atom is 0.321 e. The van der Waals surface area contributed by atoms with Crippen LogP contribution in [0.1, 0.15) is 13.3 Å². The van der Waals surface area contributed by atoms with E-state index in [1.807, 2.05) is 55.5 Å². The number of anilines is 1. The van der Waals surface area contributed by atoms with Crippen LogP contribution in [0.4, 0.5) is 10.5 Å². The number of hydrogen-bond acceptors (Lipinski definition) is 3. The van der Waals surface area contributed by atoms with Crippen molar-refractivity contribution in [2.75, 3.05) is 26.5 Å². The van der Waals surface area contributed by atoms with Crippen molar-refractivity contribution in [2.45, 2.75) is 19.4 Å².